The SMILES string of the molecule is CC(C)c1ccccc1[C@@H]1COCCN1C1CC2(CCN(c3ccc(C(=O)NS(=O)(=O)c4cc5c(c([N+](=O)[O-])c4)SC(C4CCC(C)(C)CC4)CO5)c(Oc4cnc5[nH]cc(F)c5c4)c3)CC2)C1. The van der Waals surface area contributed by atoms with Crippen molar-refractivity contribution in [3.63, 3.8) is 0 Å². The van der Waals surface area contributed by atoms with Crippen LogP contribution in [0.5, 0.6) is 17.2 Å². The summed E-state index contributed by atoms with van der Waals surface area (Å²) in [6, 6.07) is 18.1. The highest BCUT2D eigenvalue weighted by atomic mass is 32.2. The lowest BCUT2D eigenvalue weighted by molar-refractivity contribution is -0.388. The van der Waals surface area contributed by atoms with Crippen molar-refractivity contribution in [2.24, 2.45) is 16.7 Å². The van der Waals surface area contributed by atoms with E-state index in [0.29, 0.717) is 30.1 Å². The number of thioether (sulfide) groups is 1. The van der Waals surface area contributed by atoms with Crippen LogP contribution in [0, 0.1) is 32.7 Å². The average molecular weight is 967 g/mol. The van der Waals surface area contributed by atoms with Gasteiger partial charge in [0.2, 0.25) is 0 Å². The quantitative estimate of drug-likeness (QED) is 0.0950. The van der Waals surface area contributed by atoms with Gasteiger partial charge >= 0.3 is 0 Å². The summed E-state index contributed by atoms with van der Waals surface area (Å²) < 4.78 is 63.2. The second kappa shape index (κ2) is 18.3. The number of nitro groups is 1. The Balaban J connectivity index is 0.864. The number of carbonyl (C=O) groups is 1. The number of nitrogens with zero attached hydrogens (tertiary/aromatic N) is 4. The van der Waals surface area contributed by atoms with Crippen LogP contribution in [0.25, 0.3) is 11.0 Å². The minimum atomic E-state index is -4.67. The molecule has 1 amide bonds. The zero-order valence-electron chi connectivity index (χ0n) is 39.0. The van der Waals surface area contributed by atoms with E-state index in [1.54, 1.807) is 12.1 Å². The van der Waals surface area contributed by atoms with Gasteiger partial charge in [-0.15, -0.1) is 11.8 Å². The number of morpholine rings is 1. The molecule has 0 bridgehead atoms. The summed E-state index contributed by atoms with van der Waals surface area (Å²) in [5, 5.41) is 12.6. The molecule has 360 valence electrons. The lowest BCUT2D eigenvalue weighted by atomic mass is 9.59. The van der Waals surface area contributed by atoms with Crippen LogP contribution in [0.1, 0.15) is 113 Å². The van der Waals surface area contributed by atoms with E-state index in [9.17, 15) is 27.7 Å². The maximum absolute atomic E-state index is 14.7. The van der Waals surface area contributed by atoms with E-state index in [0.717, 1.165) is 89.4 Å². The molecule has 1 spiro atoms. The number of rotatable bonds is 11. The Morgan fingerprint density at radius 1 is 1.03 bits per heavy atom. The number of ether oxygens (including phenoxy) is 3. The molecule has 1 unspecified atom stereocenters. The number of nitrogens with one attached hydrogen (secondary N) is 2. The first-order chi connectivity index (χ1) is 32.6. The summed E-state index contributed by atoms with van der Waals surface area (Å²) >= 11 is 1.37. The highest BCUT2D eigenvalue weighted by molar-refractivity contribution is 8.00. The summed E-state index contributed by atoms with van der Waals surface area (Å²) in [6.45, 7) is 13.2. The molecule has 68 heavy (non-hydrogen) atoms. The second-order valence-corrected chi connectivity index (χ2v) is 23.5. The van der Waals surface area contributed by atoms with Crippen LogP contribution in [0.4, 0.5) is 15.8 Å². The molecule has 5 aromatic rings. The Hall–Kier alpha value is -5.23. The number of aromatic amines is 1. The fourth-order valence-corrected chi connectivity index (χ4v) is 13.7. The topological polar surface area (TPSA) is 169 Å². The Labute approximate surface area is 400 Å². The molecule has 2 aromatic heterocycles. The molecule has 3 aliphatic heterocycles. The van der Waals surface area contributed by atoms with Gasteiger partial charge in [-0.05, 0) is 103 Å². The number of anilines is 1. The normalized spacial score (nSPS) is 22.1. The van der Waals surface area contributed by atoms with Crippen LogP contribution in [0.15, 0.2) is 82.8 Å². The summed E-state index contributed by atoms with van der Waals surface area (Å²) in [6.07, 6.45) is 10.9. The van der Waals surface area contributed by atoms with E-state index in [2.05, 4.69) is 76.5 Å². The number of carbonyl (C=O) groups excluding carboxylic acids is 1. The molecule has 2 atom stereocenters. The highest BCUT2D eigenvalue weighted by Gasteiger charge is 2.50. The number of amides is 1. The number of fused-ring (bicyclic) bond motifs is 2. The fourth-order valence-electron chi connectivity index (χ4n) is 11.3. The Bertz CT molecular complexity index is 2850. The molecule has 3 aromatic carbocycles. The van der Waals surface area contributed by atoms with Crippen molar-refractivity contribution in [2.75, 3.05) is 44.4 Å². The third-order valence-corrected chi connectivity index (χ3v) is 18.1. The molecule has 14 nitrogen and oxygen atoms in total. The average Bonchev–Trinajstić information content (AvgIpc) is 3.69. The van der Waals surface area contributed by atoms with E-state index in [1.165, 1.54) is 53.5 Å². The molecule has 0 radical (unpaired) electrons. The summed E-state index contributed by atoms with van der Waals surface area (Å²) in [7, 11) is -4.67. The van der Waals surface area contributed by atoms with Gasteiger partial charge in [0.05, 0.1) is 46.2 Å². The van der Waals surface area contributed by atoms with Gasteiger partial charge in [-0.2, -0.15) is 0 Å². The summed E-state index contributed by atoms with van der Waals surface area (Å²) in [5.41, 5.74) is 3.80. The van der Waals surface area contributed by atoms with E-state index in [1.807, 2.05) is 0 Å². The first-order valence-electron chi connectivity index (χ1n) is 23.9. The first-order valence-corrected chi connectivity index (χ1v) is 26.2. The van der Waals surface area contributed by atoms with Gasteiger partial charge in [0.1, 0.15) is 40.2 Å². The van der Waals surface area contributed by atoms with Crippen LogP contribution in [-0.2, 0) is 14.8 Å². The number of piperidine rings is 1. The predicted octanol–water partition coefficient (Wildman–Crippen LogP) is 10.5. The zero-order chi connectivity index (χ0) is 47.5. The minimum absolute atomic E-state index is 0.00542. The zero-order valence-corrected chi connectivity index (χ0v) is 40.6. The van der Waals surface area contributed by atoms with Crippen LogP contribution in [0.3, 0.4) is 0 Å². The van der Waals surface area contributed by atoms with Crippen molar-refractivity contribution in [3.05, 3.63) is 106 Å². The molecule has 2 aliphatic carbocycles. The van der Waals surface area contributed by atoms with Crippen LogP contribution in [0.2, 0.25) is 0 Å². The van der Waals surface area contributed by atoms with Gasteiger partial charge in [-0.25, -0.2) is 22.5 Å². The molecule has 10 rings (SSSR count). The van der Waals surface area contributed by atoms with Gasteiger partial charge in [0.25, 0.3) is 21.6 Å². The van der Waals surface area contributed by atoms with Gasteiger partial charge in [0, 0.05) is 61.0 Å². The van der Waals surface area contributed by atoms with Crippen molar-refractivity contribution in [1.82, 2.24) is 19.6 Å². The maximum atomic E-state index is 14.7. The highest BCUT2D eigenvalue weighted by Crippen LogP contribution is 2.54. The third-order valence-electron chi connectivity index (χ3n) is 15.4. The van der Waals surface area contributed by atoms with E-state index in [4.69, 9.17) is 14.2 Å². The molecular weight excluding hydrogens is 908 g/mol. The van der Waals surface area contributed by atoms with Crippen LogP contribution in [-0.4, -0.2) is 84.9 Å². The summed E-state index contributed by atoms with van der Waals surface area (Å²) in [5.74, 6) is -0.543. The number of nitro benzene ring substituents is 1. The summed E-state index contributed by atoms with van der Waals surface area (Å²) in [4.78, 5) is 37.8. The molecule has 2 saturated heterocycles. The number of H-pyrrole nitrogens is 1. The first kappa shape index (κ1) is 46.5. The molecule has 5 heterocycles. The number of hydrogen-bond acceptors (Lipinski definition) is 12. The lowest BCUT2D eigenvalue weighted by Crippen LogP contribution is -2.58. The molecule has 5 aliphatic rings. The molecule has 2 saturated carbocycles. The van der Waals surface area contributed by atoms with Gasteiger partial charge in [0.15, 0.2) is 0 Å². The Morgan fingerprint density at radius 2 is 1.79 bits per heavy atom. The van der Waals surface area contributed by atoms with Crippen molar-refractivity contribution >= 4 is 50.1 Å². The standard InChI is InChI=1S/C51H59FN6O8S2/c1-31(2)37-7-5-6-8-38(37)43-29-64-20-19-57(43)34-25-51(26-34)15-17-56(18-16-51)33-9-10-39(44(21-33)66-35-22-40-41(52)28-54-48(40)53-27-35)49(59)55-68(62,63)36-23-42(58(60)61)47-45(24-36)65-30-46(67-47)32-11-13-50(3,4)14-12-32/h5-10,21-24,27-28,31-32,34,43,46H,11-20,25-26,29-30H2,1-4H3,(H,53,54)(H,55,59)/t43-,46?/m0/s1. The minimum Gasteiger partial charge on any atom is -0.491 e. The van der Waals surface area contributed by atoms with Crippen LogP contribution >= 0.6 is 11.8 Å². The van der Waals surface area contributed by atoms with Crippen LogP contribution < -0.4 is 19.1 Å². The number of pyridine rings is 1. The third kappa shape index (κ3) is 9.18. The van der Waals surface area contributed by atoms with E-state index in [-0.39, 0.29) is 61.8 Å². The smallest absolute Gasteiger partial charge is 0.288 e. The van der Waals surface area contributed by atoms with Gasteiger partial charge < -0.3 is 24.1 Å². The number of benzene rings is 3. The van der Waals surface area contributed by atoms with Crippen molar-refractivity contribution in [3.8, 4) is 17.2 Å². The molecule has 2 N–H and O–H groups in total. The molecule has 4 fully saturated rings. The second-order valence-electron chi connectivity index (χ2n) is 20.6. The molecule has 17 heteroatoms. The van der Waals surface area contributed by atoms with E-state index < -0.39 is 37.3 Å². The number of sulfonamides is 1. The maximum Gasteiger partial charge on any atom is 0.288 e. The largest absolute Gasteiger partial charge is 0.491 e. The Morgan fingerprint density at radius 3 is 2.54 bits per heavy atom. The van der Waals surface area contributed by atoms with E-state index >= 15 is 0 Å². The number of aromatic nitrogens is 2. The fraction of sp³-hybridized carbons (Fsp3) is 0.490. The van der Waals surface area contributed by atoms with Crippen molar-refractivity contribution < 1.29 is 36.7 Å². The van der Waals surface area contributed by atoms with Gasteiger partial charge in [-0.1, -0.05) is 52.0 Å². The number of halogens is 1. The lowest BCUT2D eigenvalue weighted by Gasteiger charge is -2.57. The van der Waals surface area contributed by atoms with Crippen molar-refractivity contribution in [1.29, 1.82) is 0 Å². The molecular formula is C51H59FN6O8S2. The monoisotopic (exact) mass is 966 g/mol. The Kier molecular flexibility index (Phi) is 12.5. The van der Waals surface area contributed by atoms with Crippen molar-refractivity contribution in [2.45, 2.75) is 112 Å². The van der Waals surface area contributed by atoms with Gasteiger partial charge in [-0.3, -0.25) is 19.8 Å². The number of hydrogen-bond donors (Lipinski definition) is 2. The predicted molar refractivity (Wildman–Crippen MR) is 259 cm³/mol.